The summed E-state index contributed by atoms with van der Waals surface area (Å²) in [5, 5.41) is 0. The summed E-state index contributed by atoms with van der Waals surface area (Å²) >= 11 is 0. The van der Waals surface area contributed by atoms with E-state index in [1.165, 1.54) is 0 Å². The number of imidazole rings is 1. The van der Waals surface area contributed by atoms with E-state index in [1.54, 1.807) is 6.20 Å². The van der Waals surface area contributed by atoms with Crippen LogP contribution < -0.4 is 0 Å². The van der Waals surface area contributed by atoms with Crippen LogP contribution in [0.3, 0.4) is 0 Å². The minimum Gasteiger partial charge on any atom is -0.335 e. The second kappa shape index (κ2) is 6.43. The van der Waals surface area contributed by atoms with Crippen molar-refractivity contribution in [2.24, 2.45) is 0 Å². The van der Waals surface area contributed by atoms with E-state index in [2.05, 4.69) is 16.5 Å². The van der Waals surface area contributed by atoms with E-state index in [0.29, 0.717) is 12.8 Å². The third kappa shape index (κ3) is 4.14. The number of hydrogen-bond acceptors (Lipinski definition) is 3. The van der Waals surface area contributed by atoms with Crippen molar-refractivity contribution in [3.63, 3.8) is 0 Å². The van der Waals surface area contributed by atoms with Crippen molar-refractivity contribution in [3.05, 3.63) is 18.2 Å². The predicted octanol–water partition coefficient (Wildman–Crippen LogP) is 1.36. The molecule has 1 aromatic heterocycles. The van der Waals surface area contributed by atoms with Gasteiger partial charge >= 0.3 is 0 Å². The van der Waals surface area contributed by atoms with Crippen LogP contribution in [0.1, 0.15) is 25.6 Å². The number of carbonyl (C=O) groups excluding carboxylic acids is 1. The van der Waals surface area contributed by atoms with Gasteiger partial charge in [0.2, 0.25) is 0 Å². The Labute approximate surface area is 97.3 Å². The molecule has 16 heavy (non-hydrogen) atoms. The third-order valence-corrected chi connectivity index (χ3v) is 2.46. The zero-order valence-corrected chi connectivity index (χ0v) is 10.4. The number of hydrogen-bond donors (Lipinski definition) is 0. The molecule has 1 heterocycles. The molecule has 0 aliphatic rings. The number of aryl methyl sites for hydroxylation is 1. The summed E-state index contributed by atoms with van der Waals surface area (Å²) in [5.74, 6) is 1.16. The standard InChI is InChI=1S/C12H21N3O/c1-4-7-15-9-6-13-12(15)10-11(16)5-8-14(2)3/h6,9H,4-5,7-8,10H2,1-3H3. The molecular weight excluding hydrogens is 202 g/mol. The maximum absolute atomic E-state index is 11.7. The fraction of sp³-hybridized carbons (Fsp3) is 0.667. The van der Waals surface area contributed by atoms with Crippen molar-refractivity contribution in [2.45, 2.75) is 32.7 Å². The van der Waals surface area contributed by atoms with Gasteiger partial charge in [-0.15, -0.1) is 0 Å². The largest absolute Gasteiger partial charge is 0.335 e. The van der Waals surface area contributed by atoms with Crippen molar-refractivity contribution >= 4 is 5.78 Å². The average molecular weight is 223 g/mol. The molecule has 0 aliphatic carbocycles. The van der Waals surface area contributed by atoms with E-state index in [4.69, 9.17) is 0 Å². The summed E-state index contributed by atoms with van der Waals surface area (Å²) in [4.78, 5) is 17.9. The van der Waals surface area contributed by atoms with Crippen molar-refractivity contribution in [3.8, 4) is 0 Å². The molecule has 0 unspecified atom stereocenters. The van der Waals surface area contributed by atoms with E-state index in [0.717, 1.165) is 25.3 Å². The van der Waals surface area contributed by atoms with Crippen LogP contribution in [0.4, 0.5) is 0 Å². The molecule has 0 spiro atoms. The lowest BCUT2D eigenvalue weighted by Crippen LogP contribution is -2.18. The van der Waals surface area contributed by atoms with E-state index in [1.807, 2.05) is 25.2 Å². The fourth-order valence-corrected chi connectivity index (χ4v) is 1.56. The van der Waals surface area contributed by atoms with Crippen LogP contribution in [0.25, 0.3) is 0 Å². The van der Waals surface area contributed by atoms with Gasteiger partial charge in [-0.2, -0.15) is 0 Å². The highest BCUT2D eigenvalue weighted by Crippen LogP contribution is 2.02. The maximum Gasteiger partial charge on any atom is 0.141 e. The highest BCUT2D eigenvalue weighted by atomic mass is 16.1. The van der Waals surface area contributed by atoms with Crippen molar-refractivity contribution in [2.75, 3.05) is 20.6 Å². The number of ketones is 1. The lowest BCUT2D eigenvalue weighted by atomic mass is 10.2. The van der Waals surface area contributed by atoms with E-state index >= 15 is 0 Å². The summed E-state index contributed by atoms with van der Waals surface area (Å²) in [7, 11) is 3.95. The van der Waals surface area contributed by atoms with Crippen molar-refractivity contribution in [1.82, 2.24) is 14.5 Å². The number of aromatic nitrogens is 2. The Bertz CT molecular complexity index is 331. The van der Waals surface area contributed by atoms with Gasteiger partial charge in [-0.3, -0.25) is 4.79 Å². The minimum absolute atomic E-state index is 0.261. The molecule has 0 aliphatic heterocycles. The highest BCUT2D eigenvalue weighted by molar-refractivity contribution is 5.80. The Hall–Kier alpha value is -1.16. The smallest absolute Gasteiger partial charge is 0.141 e. The second-order valence-electron chi connectivity index (χ2n) is 4.31. The Kier molecular flexibility index (Phi) is 5.19. The van der Waals surface area contributed by atoms with Crippen LogP contribution in [0, 0.1) is 0 Å². The monoisotopic (exact) mass is 223 g/mol. The molecule has 0 aromatic carbocycles. The van der Waals surface area contributed by atoms with Crippen LogP contribution in [0.2, 0.25) is 0 Å². The van der Waals surface area contributed by atoms with Crippen LogP contribution in [0.5, 0.6) is 0 Å². The van der Waals surface area contributed by atoms with Gasteiger partial charge in [0.05, 0.1) is 6.42 Å². The Morgan fingerprint density at radius 3 is 2.88 bits per heavy atom. The predicted molar refractivity (Wildman–Crippen MR) is 64.4 cm³/mol. The van der Waals surface area contributed by atoms with Crippen molar-refractivity contribution in [1.29, 1.82) is 0 Å². The molecule has 0 saturated heterocycles. The summed E-state index contributed by atoms with van der Waals surface area (Å²) in [6.07, 6.45) is 5.84. The van der Waals surface area contributed by atoms with Gasteiger partial charge in [0.25, 0.3) is 0 Å². The lowest BCUT2D eigenvalue weighted by Gasteiger charge is -2.09. The lowest BCUT2D eigenvalue weighted by molar-refractivity contribution is -0.118. The molecule has 90 valence electrons. The normalized spacial score (nSPS) is 11.0. The molecule has 1 aromatic rings. The number of rotatable bonds is 7. The van der Waals surface area contributed by atoms with Crippen LogP contribution in [-0.2, 0) is 17.8 Å². The number of Topliss-reactive ketones (excluding diaryl/α,β-unsaturated/α-hetero) is 1. The second-order valence-corrected chi connectivity index (χ2v) is 4.31. The van der Waals surface area contributed by atoms with Gasteiger partial charge in [-0.1, -0.05) is 6.92 Å². The highest BCUT2D eigenvalue weighted by Gasteiger charge is 2.08. The molecular formula is C12H21N3O. The van der Waals surface area contributed by atoms with Crippen molar-refractivity contribution < 1.29 is 4.79 Å². The zero-order valence-electron chi connectivity index (χ0n) is 10.4. The van der Waals surface area contributed by atoms with Gasteiger partial charge in [-0.25, -0.2) is 4.98 Å². The molecule has 0 fully saturated rings. The quantitative estimate of drug-likeness (QED) is 0.700. The Balaban J connectivity index is 2.46. The molecule has 4 nitrogen and oxygen atoms in total. The molecule has 0 amide bonds. The molecule has 0 bridgehead atoms. The minimum atomic E-state index is 0.261. The summed E-state index contributed by atoms with van der Waals surface area (Å²) < 4.78 is 2.06. The first kappa shape index (κ1) is 12.9. The van der Waals surface area contributed by atoms with Gasteiger partial charge in [-0.05, 0) is 20.5 Å². The fourth-order valence-electron chi connectivity index (χ4n) is 1.56. The topological polar surface area (TPSA) is 38.1 Å². The molecule has 4 heteroatoms. The first-order valence-corrected chi connectivity index (χ1v) is 5.80. The Morgan fingerprint density at radius 2 is 2.25 bits per heavy atom. The van der Waals surface area contributed by atoms with E-state index in [-0.39, 0.29) is 5.78 Å². The van der Waals surface area contributed by atoms with Crippen LogP contribution >= 0.6 is 0 Å². The molecule has 1 rings (SSSR count). The summed E-state index contributed by atoms with van der Waals surface area (Å²) in [5.41, 5.74) is 0. The number of nitrogens with zero attached hydrogens (tertiary/aromatic N) is 3. The van der Waals surface area contributed by atoms with Gasteiger partial charge in [0.15, 0.2) is 0 Å². The number of carbonyl (C=O) groups is 1. The summed E-state index contributed by atoms with van der Waals surface area (Å²) in [6, 6.07) is 0. The molecule has 0 N–H and O–H groups in total. The van der Waals surface area contributed by atoms with Gasteiger partial charge < -0.3 is 9.47 Å². The first-order chi connectivity index (χ1) is 7.63. The SMILES string of the molecule is CCCn1ccnc1CC(=O)CCN(C)C. The van der Waals surface area contributed by atoms with Gasteiger partial charge in [0.1, 0.15) is 11.6 Å². The molecule has 0 atom stereocenters. The maximum atomic E-state index is 11.7. The zero-order chi connectivity index (χ0) is 12.0. The third-order valence-electron chi connectivity index (χ3n) is 2.46. The molecule has 0 saturated carbocycles. The average Bonchev–Trinajstić information content (AvgIpc) is 2.63. The van der Waals surface area contributed by atoms with E-state index in [9.17, 15) is 4.79 Å². The first-order valence-electron chi connectivity index (χ1n) is 5.80. The summed E-state index contributed by atoms with van der Waals surface area (Å²) in [6.45, 7) is 3.88. The Morgan fingerprint density at radius 1 is 1.50 bits per heavy atom. The van der Waals surface area contributed by atoms with Gasteiger partial charge in [0, 0.05) is 31.9 Å². The van der Waals surface area contributed by atoms with Crippen LogP contribution in [-0.4, -0.2) is 40.9 Å². The van der Waals surface area contributed by atoms with E-state index < -0.39 is 0 Å². The molecule has 0 radical (unpaired) electrons. The van der Waals surface area contributed by atoms with Crippen LogP contribution in [0.15, 0.2) is 12.4 Å².